The summed E-state index contributed by atoms with van der Waals surface area (Å²) in [7, 11) is 0. The molecule has 4 rings (SSSR count). The molecule has 2 N–H and O–H groups in total. The van der Waals surface area contributed by atoms with E-state index in [9.17, 15) is 9.18 Å². The highest BCUT2D eigenvalue weighted by Crippen LogP contribution is 2.32. The van der Waals surface area contributed by atoms with Gasteiger partial charge in [0, 0.05) is 37.3 Å². The zero-order valence-corrected chi connectivity index (χ0v) is 15.6. The number of nitrogens with two attached hydrogens (primary N) is 1. The Morgan fingerprint density at radius 3 is 2.63 bits per heavy atom. The lowest BCUT2D eigenvalue weighted by atomic mass is 9.95. The second-order valence-corrected chi connectivity index (χ2v) is 7.71. The molecule has 2 aromatic rings. The van der Waals surface area contributed by atoms with Crippen LogP contribution in [0.1, 0.15) is 29.9 Å². The van der Waals surface area contributed by atoms with Crippen LogP contribution in [0.3, 0.4) is 0 Å². The highest BCUT2D eigenvalue weighted by Gasteiger charge is 2.40. The van der Waals surface area contributed by atoms with Crippen LogP contribution in [0.25, 0.3) is 0 Å². The maximum absolute atomic E-state index is 13.5. The van der Waals surface area contributed by atoms with Crippen molar-refractivity contribution in [2.45, 2.75) is 37.8 Å². The molecule has 2 aliphatic heterocycles. The van der Waals surface area contributed by atoms with Crippen LogP contribution in [0.2, 0.25) is 0 Å². The van der Waals surface area contributed by atoms with Crippen LogP contribution in [0.4, 0.5) is 10.1 Å². The van der Waals surface area contributed by atoms with E-state index in [0.717, 1.165) is 37.2 Å². The summed E-state index contributed by atoms with van der Waals surface area (Å²) >= 11 is 0. The summed E-state index contributed by atoms with van der Waals surface area (Å²) in [6.07, 6.45) is 1.79. The molecule has 1 amide bonds. The van der Waals surface area contributed by atoms with Gasteiger partial charge in [0.15, 0.2) is 0 Å². The summed E-state index contributed by atoms with van der Waals surface area (Å²) in [4.78, 5) is 17.3. The molecule has 1 unspecified atom stereocenters. The number of halogens is 1. The van der Waals surface area contributed by atoms with Gasteiger partial charge in [-0.3, -0.25) is 9.69 Å². The van der Waals surface area contributed by atoms with Gasteiger partial charge >= 0.3 is 0 Å². The third-order valence-electron chi connectivity index (χ3n) is 5.92. The maximum Gasteiger partial charge on any atom is 0.244 e. The molecule has 2 fully saturated rings. The Balaban J connectivity index is 1.53. The van der Waals surface area contributed by atoms with Gasteiger partial charge < -0.3 is 10.6 Å². The molecule has 0 radical (unpaired) electrons. The molecule has 2 aromatic carbocycles. The first-order chi connectivity index (χ1) is 13.0. The number of nitrogens with zero attached hydrogens (tertiary/aromatic N) is 2. The lowest BCUT2D eigenvalue weighted by Gasteiger charge is -2.37. The molecule has 5 heteroatoms. The van der Waals surface area contributed by atoms with Crippen molar-refractivity contribution in [1.82, 2.24) is 4.90 Å². The third kappa shape index (κ3) is 3.49. The van der Waals surface area contributed by atoms with E-state index in [1.165, 1.54) is 17.7 Å². The Kier molecular flexibility index (Phi) is 4.98. The number of likely N-dealkylation sites (tertiary alicyclic amines) is 1. The number of piperidine rings is 1. The Morgan fingerprint density at radius 2 is 1.89 bits per heavy atom. The minimum absolute atomic E-state index is 0.0307. The van der Waals surface area contributed by atoms with Crippen molar-refractivity contribution in [3.8, 4) is 0 Å². The minimum Gasteiger partial charge on any atom is -0.326 e. The molecular formula is C22H26FN3O. The second-order valence-electron chi connectivity index (χ2n) is 7.71. The summed E-state index contributed by atoms with van der Waals surface area (Å²) in [5.74, 6) is 0.0901. The molecule has 0 bridgehead atoms. The van der Waals surface area contributed by atoms with E-state index < -0.39 is 0 Å². The quantitative estimate of drug-likeness (QED) is 0.907. The van der Waals surface area contributed by atoms with Crippen molar-refractivity contribution in [3.63, 3.8) is 0 Å². The van der Waals surface area contributed by atoms with E-state index in [4.69, 9.17) is 5.73 Å². The Bertz CT molecular complexity index is 826. The highest BCUT2D eigenvalue weighted by atomic mass is 19.1. The first kappa shape index (κ1) is 18.1. The average molecular weight is 367 g/mol. The number of hydrogen-bond acceptors (Lipinski definition) is 3. The number of hydrogen-bond donors (Lipinski definition) is 1. The lowest BCUT2D eigenvalue weighted by Crippen LogP contribution is -2.52. The average Bonchev–Trinajstić information content (AvgIpc) is 3.05. The van der Waals surface area contributed by atoms with Gasteiger partial charge in [-0.2, -0.15) is 0 Å². The number of carbonyl (C=O) groups excluding carboxylic acids is 1. The van der Waals surface area contributed by atoms with Gasteiger partial charge in [-0.05, 0) is 49.1 Å². The molecule has 2 heterocycles. The minimum atomic E-state index is -0.270. The first-order valence-electron chi connectivity index (χ1n) is 9.66. The second kappa shape index (κ2) is 7.41. The molecule has 142 valence electrons. The van der Waals surface area contributed by atoms with Crippen LogP contribution in [0, 0.1) is 12.7 Å². The van der Waals surface area contributed by atoms with Crippen molar-refractivity contribution in [1.29, 1.82) is 0 Å². The summed E-state index contributed by atoms with van der Waals surface area (Å²) in [6, 6.07) is 14.8. The van der Waals surface area contributed by atoms with Gasteiger partial charge in [-0.1, -0.05) is 30.3 Å². The van der Waals surface area contributed by atoms with Gasteiger partial charge in [0.2, 0.25) is 5.91 Å². The Hall–Kier alpha value is -2.24. The van der Waals surface area contributed by atoms with Crippen LogP contribution in [0.5, 0.6) is 0 Å². The summed E-state index contributed by atoms with van der Waals surface area (Å²) in [5, 5.41) is 0. The normalized spacial score (nSPS) is 26.6. The van der Waals surface area contributed by atoms with Crippen molar-refractivity contribution < 1.29 is 9.18 Å². The number of benzene rings is 2. The van der Waals surface area contributed by atoms with Gasteiger partial charge in [-0.25, -0.2) is 4.39 Å². The molecule has 0 aromatic heterocycles. The maximum atomic E-state index is 13.5. The number of amides is 1. The van der Waals surface area contributed by atoms with Gasteiger partial charge in [0.05, 0.1) is 6.04 Å². The van der Waals surface area contributed by atoms with Crippen LogP contribution < -0.4 is 10.6 Å². The monoisotopic (exact) mass is 367 g/mol. The summed E-state index contributed by atoms with van der Waals surface area (Å²) < 4.78 is 13.5. The topological polar surface area (TPSA) is 49.6 Å². The zero-order valence-electron chi connectivity index (χ0n) is 15.6. The van der Waals surface area contributed by atoms with E-state index >= 15 is 0 Å². The number of carbonyl (C=O) groups is 1. The summed E-state index contributed by atoms with van der Waals surface area (Å²) in [6.45, 7) is 4.07. The van der Waals surface area contributed by atoms with Gasteiger partial charge in [-0.15, -0.1) is 0 Å². The van der Waals surface area contributed by atoms with Crippen molar-refractivity contribution in [3.05, 3.63) is 65.5 Å². The molecule has 4 nitrogen and oxygen atoms in total. The van der Waals surface area contributed by atoms with Crippen LogP contribution in [0.15, 0.2) is 48.5 Å². The largest absolute Gasteiger partial charge is 0.326 e. The fraction of sp³-hybridized carbons (Fsp3) is 0.409. The summed E-state index contributed by atoms with van der Waals surface area (Å²) in [5.41, 5.74) is 9.28. The van der Waals surface area contributed by atoms with E-state index in [1.54, 1.807) is 6.07 Å². The van der Waals surface area contributed by atoms with Crippen LogP contribution in [-0.2, 0) is 4.79 Å². The molecule has 3 atom stereocenters. The number of anilines is 1. The highest BCUT2D eigenvalue weighted by molar-refractivity contribution is 5.98. The molecule has 2 saturated heterocycles. The molecule has 0 aliphatic carbocycles. The number of rotatable bonds is 3. The zero-order chi connectivity index (χ0) is 19.0. The standard InChI is InChI=1S/C22H26FN3O/c1-15-12-17(23)9-10-20(15)26-11-5-8-21(22(26)27)25-13-18(19(24)14-25)16-6-3-2-4-7-16/h2-4,6-7,9-10,12,18-19,21H,5,8,11,13-14,24H2,1H3/t18-,19+,21?/m0/s1. The van der Waals surface area contributed by atoms with Crippen molar-refractivity contribution >= 4 is 11.6 Å². The molecule has 27 heavy (non-hydrogen) atoms. The predicted molar refractivity (Wildman–Crippen MR) is 105 cm³/mol. The molecule has 2 aliphatic rings. The van der Waals surface area contributed by atoms with Gasteiger partial charge in [0.25, 0.3) is 0 Å². The Labute approximate surface area is 159 Å². The van der Waals surface area contributed by atoms with E-state index in [2.05, 4.69) is 17.0 Å². The van der Waals surface area contributed by atoms with Gasteiger partial charge in [0.1, 0.15) is 5.82 Å². The fourth-order valence-electron chi connectivity index (χ4n) is 4.52. The van der Waals surface area contributed by atoms with Crippen molar-refractivity contribution in [2.24, 2.45) is 5.73 Å². The first-order valence-corrected chi connectivity index (χ1v) is 9.66. The van der Waals surface area contributed by atoms with E-state index in [-0.39, 0.29) is 29.7 Å². The van der Waals surface area contributed by atoms with E-state index in [0.29, 0.717) is 6.54 Å². The van der Waals surface area contributed by atoms with Crippen molar-refractivity contribution in [2.75, 3.05) is 24.5 Å². The Morgan fingerprint density at radius 1 is 1.11 bits per heavy atom. The lowest BCUT2D eigenvalue weighted by molar-refractivity contribution is -0.125. The molecule has 0 spiro atoms. The predicted octanol–water partition coefficient (Wildman–Crippen LogP) is 3.06. The number of aryl methyl sites for hydroxylation is 1. The van der Waals surface area contributed by atoms with E-state index in [1.807, 2.05) is 30.0 Å². The molecule has 0 saturated carbocycles. The van der Waals surface area contributed by atoms with Crippen LogP contribution >= 0.6 is 0 Å². The van der Waals surface area contributed by atoms with Crippen LogP contribution in [-0.4, -0.2) is 42.5 Å². The fourth-order valence-corrected chi connectivity index (χ4v) is 4.52. The SMILES string of the molecule is Cc1cc(F)ccc1N1CCCC(N2C[C@@H](N)[C@H](c3ccccc3)C2)C1=O. The molecular weight excluding hydrogens is 341 g/mol. The third-order valence-corrected chi connectivity index (χ3v) is 5.92. The smallest absolute Gasteiger partial charge is 0.244 e.